The van der Waals surface area contributed by atoms with Gasteiger partial charge in [0.1, 0.15) is 5.82 Å². The van der Waals surface area contributed by atoms with Crippen LogP contribution in [0.5, 0.6) is 0 Å². The van der Waals surface area contributed by atoms with Crippen LogP contribution in [0, 0.1) is 11.7 Å². The lowest BCUT2D eigenvalue weighted by Gasteiger charge is -2.34. The highest BCUT2D eigenvalue weighted by Crippen LogP contribution is 2.31. The Morgan fingerprint density at radius 2 is 2.05 bits per heavy atom. The number of hydrogen-bond donors (Lipinski definition) is 2. The highest BCUT2D eigenvalue weighted by molar-refractivity contribution is 5.94. The number of halogens is 1. The number of carbonyl (C=O) groups excluding carboxylic acids is 2. The summed E-state index contributed by atoms with van der Waals surface area (Å²) >= 11 is 0. The largest absolute Gasteiger partial charge is 0.350 e. The minimum Gasteiger partial charge on any atom is -0.350 e. The van der Waals surface area contributed by atoms with Gasteiger partial charge < -0.3 is 10.6 Å². The molecule has 5 heteroatoms. The Morgan fingerprint density at radius 1 is 1.36 bits per heavy atom. The van der Waals surface area contributed by atoms with Gasteiger partial charge in [0.2, 0.25) is 11.8 Å². The zero-order valence-corrected chi connectivity index (χ0v) is 12.9. The minimum absolute atomic E-state index is 0.0269. The molecule has 0 bridgehead atoms. The predicted molar refractivity (Wildman–Crippen MR) is 84.0 cm³/mol. The molecule has 1 aliphatic rings. The molecule has 0 aromatic heterocycles. The van der Waals surface area contributed by atoms with E-state index in [1.54, 1.807) is 6.07 Å². The van der Waals surface area contributed by atoms with E-state index in [2.05, 4.69) is 17.2 Å². The topological polar surface area (TPSA) is 58.2 Å². The van der Waals surface area contributed by atoms with Gasteiger partial charge in [0.05, 0.1) is 0 Å². The molecule has 2 amide bonds. The van der Waals surface area contributed by atoms with E-state index in [1.165, 1.54) is 18.2 Å². The molecule has 0 saturated heterocycles. The summed E-state index contributed by atoms with van der Waals surface area (Å²) in [5.74, 6) is -0.619. The van der Waals surface area contributed by atoms with Crippen LogP contribution < -0.4 is 10.6 Å². The van der Waals surface area contributed by atoms with Crippen molar-refractivity contribution in [3.8, 4) is 0 Å². The molecule has 0 spiro atoms. The number of hydrogen-bond acceptors (Lipinski definition) is 2. The van der Waals surface area contributed by atoms with Gasteiger partial charge in [0.15, 0.2) is 0 Å². The van der Waals surface area contributed by atoms with Crippen LogP contribution in [0.15, 0.2) is 30.9 Å². The summed E-state index contributed by atoms with van der Waals surface area (Å²) in [5, 5.41) is 5.64. The molecular formula is C17H21FN2O2. The Morgan fingerprint density at radius 3 is 2.64 bits per heavy atom. The lowest BCUT2D eigenvalue weighted by Crippen LogP contribution is -2.47. The second kappa shape index (κ2) is 6.73. The fourth-order valence-electron chi connectivity index (χ4n) is 2.57. The number of rotatable bonds is 5. The molecule has 1 aromatic carbocycles. The molecule has 1 aromatic rings. The maximum atomic E-state index is 13.3. The first-order chi connectivity index (χ1) is 10.4. The van der Waals surface area contributed by atoms with Gasteiger partial charge in [-0.2, -0.15) is 0 Å². The highest BCUT2D eigenvalue weighted by atomic mass is 19.1. The summed E-state index contributed by atoms with van der Waals surface area (Å²) in [6.45, 7) is 7.30. The smallest absolute Gasteiger partial charge is 0.243 e. The average Bonchev–Trinajstić information content (AvgIpc) is 2.43. The third kappa shape index (κ3) is 3.72. The van der Waals surface area contributed by atoms with Crippen LogP contribution >= 0.6 is 0 Å². The Bertz CT molecular complexity index is 592. The van der Waals surface area contributed by atoms with E-state index < -0.39 is 0 Å². The highest BCUT2D eigenvalue weighted by Gasteiger charge is 2.35. The van der Waals surface area contributed by atoms with E-state index in [9.17, 15) is 14.0 Å². The van der Waals surface area contributed by atoms with Crippen LogP contribution in [0.25, 0.3) is 0 Å². The van der Waals surface area contributed by atoms with E-state index in [1.807, 2.05) is 13.8 Å². The maximum absolute atomic E-state index is 13.3. The number of amides is 2. The molecule has 118 valence electrons. The molecule has 0 radical (unpaired) electrons. The zero-order valence-electron chi connectivity index (χ0n) is 12.9. The second-order valence-electron chi connectivity index (χ2n) is 5.95. The van der Waals surface area contributed by atoms with Crippen molar-refractivity contribution in [2.45, 2.75) is 38.6 Å². The molecule has 0 unspecified atom stereocenters. The van der Waals surface area contributed by atoms with E-state index in [-0.39, 0.29) is 35.5 Å². The van der Waals surface area contributed by atoms with Gasteiger partial charge in [-0.1, -0.05) is 20.4 Å². The van der Waals surface area contributed by atoms with Gasteiger partial charge in [-0.3, -0.25) is 9.59 Å². The summed E-state index contributed by atoms with van der Waals surface area (Å²) in [4.78, 5) is 23.4. The van der Waals surface area contributed by atoms with Crippen molar-refractivity contribution >= 4 is 17.5 Å². The molecule has 0 atom stereocenters. The van der Waals surface area contributed by atoms with Gasteiger partial charge in [-0.05, 0) is 48.6 Å². The number of anilines is 1. The summed E-state index contributed by atoms with van der Waals surface area (Å²) in [7, 11) is 0. The van der Waals surface area contributed by atoms with E-state index in [4.69, 9.17) is 0 Å². The first-order valence-electron chi connectivity index (χ1n) is 7.44. The van der Waals surface area contributed by atoms with Crippen LogP contribution in [-0.2, 0) is 9.59 Å². The van der Waals surface area contributed by atoms with Crippen molar-refractivity contribution in [1.29, 1.82) is 0 Å². The molecule has 1 fully saturated rings. The molecule has 4 nitrogen and oxygen atoms in total. The third-order valence-electron chi connectivity index (χ3n) is 3.93. The van der Waals surface area contributed by atoms with Gasteiger partial charge in [0.25, 0.3) is 0 Å². The van der Waals surface area contributed by atoms with Crippen molar-refractivity contribution in [1.82, 2.24) is 5.32 Å². The Balaban J connectivity index is 1.94. The average molecular weight is 304 g/mol. The minimum atomic E-state index is -0.308. The molecule has 1 saturated carbocycles. The van der Waals surface area contributed by atoms with E-state index in [0.717, 1.165) is 5.56 Å². The third-order valence-corrected chi connectivity index (χ3v) is 3.93. The van der Waals surface area contributed by atoms with Crippen LogP contribution in [0.3, 0.4) is 0 Å². The normalized spacial score (nSPS) is 20.2. The Hall–Kier alpha value is -2.17. The monoisotopic (exact) mass is 304 g/mol. The quantitative estimate of drug-likeness (QED) is 0.822. The van der Waals surface area contributed by atoms with Crippen LogP contribution in [-0.4, -0.2) is 17.9 Å². The van der Waals surface area contributed by atoms with Crippen molar-refractivity contribution in [3.63, 3.8) is 0 Å². The fraction of sp³-hybridized carbons (Fsp3) is 0.412. The summed E-state index contributed by atoms with van der Waals surface area (Å²) in [6.07, 6.45) is 2.45. The van der Waals surface area contributed by atoms with Crippen molar-refractivity contribution in [2.24, 2.45) is 5.92 Å². The molecular weight excluding hydrogens is 283 g/mol. The summed E-state index contributed by atoms with van der Waals surface area (Å²) in [6, 6.07) is 4.42. The van der Waals surface area contributed by atoms with E-state index in [0.29, 0.717) is 18.5 Å². The van der Waals surface area contributed by atoms with Gasteiger partial charge in [-0.25, -0.2) is 4.39 Å². The Kier molecular flexibility index (Phi) is 4.96. The molecule has 2 rings (SSSR count). The van der Waals surface area contributed by atoms with Gasteiger partial charge >= 0.3 is 0 Å². The van der Waals surface area contributed by atoms with Crippen molar-refractivity contribution in [3.05, 3.63) is 42.2 Å². The zero-order chi connectivity index (χ0) is 16.3. The second-order valence-corrected chi connectivity index (χ2v) is 5.95. The SMILES string of the molecule is C=CC(=O)NC1CC(C(=O)Nc2ccc(F)cc2C(C)C)C1. The standard InChI is InChI=1S/C17H21FN2O2/c1-4-16(21)19-13-7-11(8-13)17(22)20-15-6-5-12(18)9-14(15)10(2)3/h4-6,9-11,13H,1,7-8H2,2-3H3,(H,19,21)(H,20,22). The fourth-order valence-corrected chi connectivity index (χ4v) is 2.57. The summed E-state index contributed by atoms with van der Waals surface area (Å²) < 4.78 is 13.3. The molecule has 2 N–H and O–H groups in total. The maximum Gasteiger partial charge on any atom is 0.243 e. The number of benzene rings is 1. The van der Waals surface area contributed by atoms with Crippen LogP contribution in [0.2, 0.25) is 0 Å². The lowest BCUT2D eigenvalue weighted by atomic mass is 9.79. The van der Waals surface area contributed by atoms with Crippen molar-refractivity contribution in [2.75, 3.05) is 5.32 Å². The Labute approximate surface area is 129 Å². The van der Waals surface area contributed by atoms with Crippen LogP contribution in [0.1, 0.15) is 38.2 Å². The van der Waals surface area contributed by atoms with Gasteiger partial charge in [-0.15, -0.1) is 0 Å². The summed E-state index contributed by atoms with van der Waals surface area (Å²) in [5.41, 5.74) is 1.43. The lowest BCUT2D eigenvalue weighted by molar-refractivity contribution is -0.125. The molecule has 22 heavy (non-hydrogen) atoms. The van der Waals surface area contributed by atoms with Gasteiger partial charge in [0, 0.05) is 17.6 Å². The number of carbonyl (C=O) groups is 2. The van der Waals surface area contributed by atoms with E-state index >= 15 is 0 Å². The van der Waals surface area contributed by atoms with Crippen molar-refractivity contribution < 1.29 is 14.0 Å². The first-order valence-corrected chi connectivity index (χ1v) is 7.44. The molecule has 0 aliphatic heterocycles. The number of nitrogens with one attached hydrogen (secondary N) is 2. The van der Waals surface area contributed by atoms with Crippen LogP contribution in [0.4, 0.5) is 10.1 Å². The first kappa shape index (κ1) is 16.2. The molecule has 1 aliphatic carbocycles. The molecule has 0 heterocycles. The predicted octanol–water partition coefficient (Wildman–Crippen LogP) is 2.97.